The molecule has 1 saturated heterocycles. The van der Waals surface area contributed by atoms with Crippen LogP contribution in [0.15, 0.2) is 28.9 Å². The summed E-state index contributed by atoms with van der Waals surface area (Å²) < 4.78 is 33.7. The summed E-state index contributed by atoms with van der Waals surface area (Å²) in [5.74, 6) is 1.46. The average molecular weight is 560 g/mol. The fraction of sp³-hybridized carbons (Fsp3) is 0.654. The Bertz CT molecular complexity index is 1380. The van der Waals surface area contributed by atoms with E-state index in [0.29, 0.717) is 37.1 Å². The fourth-order valence-corrected chi connectivity index (χ4v) is 7.75. The van der Waals surface area contributed by atoms with E-state index < -0.39 is 17.8 Å². The number of hydrogen-bond donors (Lipinski definition) is 0. The molecule has 0 amide bonds. The predicted molar refractivity (Wildman–Crippen MR) is 155 cm³/mol. The summed E-state index contributed by atoms with van der Waals surface area (Å²) in [4.78, 5) is 7.26. The summed E-state index contributed by atoms with van der Waals surface area (Å²) in [5.41, 5.74) is 1.34. The Kier molecular flexibility index (Phi) is 7.95. The molecule has 2 atom stereocenters. The fourth-order valence-electron chi connectivity index (χ4n) is 5.10. The second-order valence-electron chi connectivity index (χ2n) is 11.8. The molecule has 3 aromatic heterocycles. The van der Waals surface area contributed by atoms with Crippen LogP contribution < -0.4 is 4.90 Å². The third-order valence-corrected chi connectivity index (χ3v) is 11.4. The summed E-state index contributed by atoms with van der Waals surface area (Å²) >= 11 is 0. The van der Waals surface area contributed by atoms with Crippen LogP contribution in [0, 0.1) is 0 Å². The largest absolute Gasteiger partial charge is 0.377 e. The lowest BCUT2D eigenvalue weighted by molar-refractivity contribution is 0.0785. The molecule has 0 spiro atoms. The van der Waals surface area contributed by atoms with Gasteiger partial charge in [-0.1, -0.05) is 32.5 Å². The minimum Gasteiger partial charge on any atom is -0.377 e. The highest BCUT2D eigenvalue weighted by Gasteiger charge is 2.26. The van der Waals surface area contributed by atoms with Crippen LogP contribution in [0.2, 0.25) is 25.7 Å². The Balaban J connectivity index is 1.50. The molecule has 4 heterocycles. The molecule has 12 heteroatoms. The van der Waals surface area contributed by atoms with Gasteiger partial charge in [-0.3, -0.25) is 0 Å². The first-order valence-electron chi connectivity index (χ1n) is 13.7. The lowest BCUT2D eigenvalue weighted by atomic mass is 10.2. The van der Waals surface area contributed by atoms with Crippen molar-refractivity contribution >= 4 is 40.3 Å². The van der Waals surface area contributed by atoms with Crippen LogP contribution in [0.5, 0.6) is 0 Å². The van der Waals surface area contributed by atoms with Gasteiger partial charge in [0.25, 0.3) is 0 Å². The third-order valence-electron chi connectivity index (χ3n) is 7.43. The lowest BCUT2D eigenvalue weighted by Crippen LogP contribution is -2.44. The van der Waals surface area contributed by atoms with Gasteiger partial charge in [0.1, 0.15) is 12.5 Å². The number of morpholine rings is 1. The highest BCUT2D eigenvalue weighted by atomic mass is 32.2. The summed E-state index contributed by atoms with van der Waals surface area (Å²) in [6.45, 7) is 12.3. The van der Waals surface area contributed by atoms with E-state index in [1.807, 2.05) is 18.3 Å². The molecule has 10 nitrogen and oxygen atoms in total. The van der Waals surface area contributed by atoms with Gasteiger partial charge >= 0.3 is 0 Å². The number of hydrogen-bond acceptors (Lipinski definition) is 8. The summed E-state index contributed by atoms with van der Waals surface area (Å²) in [6, 6.07) is 5.18. The van der Waals surface area contributed by atoms with Crippen molar-refractivity contribution in [1.82, 2.24) is 24.5 Å². The van der Waals surface area contributed by atoms with Crippen LogP contribution in [0.4, 0.5) is 11.5 Å². The van der Waals surface area contributed by atoms with Crippen molar-refractivity contribution in [2.45, 2.75) is 76.3 Å². The highest BCUT2D eigenvalue weighted by molar-refractivity contribution is 7.93. The molecule has 5 rings (SSSR count). The molecule has 2 aliphatic rings. The molecule has 38 heavy (non-hydrogen) atoms. The predicted octanol–water partition coefficient (Wildman–Crippen LogP) is 4.83. The van der Waals surface area contributed by atoms with Crippen molar-refractivity contribution in [3.8, 4) is 5.82 Å². The molecule has 0 radical (unpaired) electrons. The van der Waals surface area contributed by atoms with Crippen molar-refractivity contribution in [3.05, 3.63) is 24.5 Å². The smallest absolute Gasteiger partial charge is 0.177 e. The lowest BCUT2D eigenvalue weighted by Gasteiger charge is -2.34. The van der Waals surface area contributed by atoms with E-state index in [9.17, 15) is 4.21 Å². The zero-order valence-corrected chi connectivity index (χ0v) is 25.1. The van der Waals surface area contributed by atoms with Crippen LogP contribution in [-0.2, 0) is 25.9 Å². The van der Waals surface area contributed by atoms with Gasteiger partial charge < -0.3 is 14.4 Å². The van der Waals surface area contributed by atoms with Gasteiger partial charge in [-0.2, -0.15) is 19.2 Å². The SMILES string of the molecule is C[C@@H]1COCCN1c1cc(N=S(C)(=O)C2CCCC2)c2cnn(-c3ccn(COCC[Si](C)(C)C)n3)c2n1. The van der Waals surface area contributed by atoms with Crippen LogP contribution in [0.1, 0.15) is 32.6 Å². The number of pyridine rings is 1. The average Bonchev–Trinajstić information content (AvgIpc) is 3.62. The van der Waals surface area contributed by atoms with Gasteiger partial charge in [-0.05, 0) is 25.8 Å². The van der Waals surface area contributed by atoms with E-state index in [1.54, 1.807) is 21.8 Å². The number of rotatable bonds is 9. The Morgan fingerprint density at radius 1 is 1.24 bits per heavy atom. The summed E-state index contributed by atoms with van der Waals surface area (Å²) in [7, 11) is -3.55. The molecule has 0 bridgehead atoms. The van der Waals surface area contributed by atoms with Crippen LogP contribution >= 0.6 is 0 Å². The van der Waals surface area contributed by atoms with Crippen molar-refractivity contribution in [1.29, 1.82) is 0 Å². The number of anilines is 1. The third kappa shape index (κ3) is 6.13. The first-order valence-corrected chi connectivity index (χ1v) is 19.4. The Labute approximate surface area is 226 Å². The van der Waals surface area contributed by atoms with Crippen LogP contribution in [0.3, 0.4) is 0 Å². The maximum Gasteiger partial charge on any atom is 0.177 e. The molecule has 1 saturated carbocycles. The Morgan fingerprint density at radius 2 is 2.03 bits per heavy atom. The van der Waals surface area contributed by atoms with E-state index in [4.69, 9.17) is 23.9 Å². The van der Waals surface area contributed by atoms with E-state index in [2.05, 4.69) is 36.6 Å². The molecule has 0 aromatic carbocycles. The maximum absolute atomic E-state index is 13.7. The molecular formula is C26H41N7O3SSi. The Hall–Kier alpha value is -2.28. The molecule has 0 N–H and O–H groups in total. The molecule has 1 aliphatic carbocycles. The zero-order chi connectivity index (χ0) is 26.9. The van der Waals surface area contributed by atoms with Crippen LogP contribution in [-0.4, -0.2) is 80.7 Å². The van der Waals surface area contributed by atoms with Gasteiger partial charge in [-0.25, -0.2) is 13.9 Å². The monoisotopic (exact) mass is 559 g/mol. The van der Waals surface area contributed by atoms with Gasteiger partial charge in [0.2, 0.25) is 0 Å². The number of nitrogens with zero attached hydrogens (tertiary/aromatic N) is 7. The number of fused-ring (bicyclic) bond motifs is 1. The van der Waals surface area contributed by atoms with E-state index in [1.165, 1.54) is 0 Å². The molecule has 3 aromatic rings. The summed E-state index contributed by atoms with van der Waals surface area (Å²) in [6.07, 6.45) is 9.65. The molecule has 1 unspecified atom stereocenters. The van der Waals surface area contributed by atoms with Crippen molar-refractivity contribution in [2.75, 3.05) is 37.5 Å². The molecule has 1 aliphatic heterocycles. The standard InChI is InChI=1S/C26H41N7O3SSi/c1-20-18-35-13-12-32(20)25-16-23(30-37(2,34)21-8-6-7-9-21)22-17-27-33(26(22)28-25)24-10-11-31(29-24)19-36-14-15-38(3,4)5/h10-11,16-17,20-21H,6-9,12-15,18-19H2,1-5H3/t20-,37?/m1/s1. The van der Waals surface area contributed by atoms with Gasteiger partial charge in [0.15, 0.2) is 11.5 Å². The summed E-state index contributed by atoms with van der Waals surface area (Å²) in [5, 5.41) is 10.3. The van der Waals surface area contributed by atoms with Crippen molar-refractivity contribution < 1.29 is 13.7 Å². The molecule has 2 fully saturated rings. The Morgan fingerprint density at radius 3 is 2.76 bits per heavy atom. The van der Waals surface area contributed by atoms with Crippen molar-refractivity contribution in [3.63, 3.8) is 0 Å². The van der Waals surface area contributed by atoms with Gasteiger partial charge in [-0.15, -0.1) is 0 Å². The quantitative estimate of drug-likeness (QED) is 0.274. The maximum atomic E-state index is 13.7. The van der Waals surface area contributed by atoms with Crippen LogP contribution in [0.25, 0.3) is 16.9 Å². The first kappa shape index (κ1) is 27.3. The highest BCUT2D eigenvalue weighted by Crippen LogP contribution is 2.35. The van der Waals surface area contributed by atoms with Gasteiger partial charge in [0, 0.05) is 51.1 Å². The van der Waals surface area contributed by atoms with Crippen molar-refractivity contribution in [2.24, 2.45) is 4.36 Å². The van der Waals surface area contributed by atoms with E-state index in [0.717, 1.165) is 56.1 Å². The van der Waals surface area contributed by atoms with E-state index in [-0.39, 0.29) is 11.3 Å². The van der Waals surface area contributed by atoms with E-state index >= 15 is 0 Å². The zero-order valence-electron chi connectivity index (χ0n) is 23.3. The number of aromatic nitrogens is 5. The minimum atomic E-state index is -2.41. The topological polar surface area (TPSA) is 99.7 Å². The number of ether oxygens (including phenoxy) is 2. The van der Waals surface area contributed by atoms with Gasteiger partial charge in [0.05, 0.1) is 46.3 Å². The second-order valence-corrected chi connectivity index (χ2v) is 20.0. The molecule has 208 valence electrons. The second kappa shape index (κ2) is 11.1. The minimum absolute atomic E-state index is 0.128. The molecular weight excluding hydrogens is 518 g/mol. The normalized spacial score (nSPS) is 20.8. The first-order chi connectivity index (χ1) is 18.1.